The van der Waals surface area contributed by atoms with Crippen molar-refractivity contribution in [3.8, 4) is 0 Å². The van der Waals surface area contributed by atoms with Crippen LogP contribution < -0.4 is 0 Å². The molecule has 0 aliphatic carbocycles. The first kappa shape index (κ1) is 15.4. The topological polar surface area (TPSA) is 21.7 Å². The monoisotopic (exact) mass is 281 g/mol. The van der Waals surface area contributed by atoms with Gasteiger partial charge in [-0.2, -0.15) is 0 Å². The molecule has 0 saturated carbocycles. The van der Waals surface area contributed by atoms with Crippen molar-refractivity contribution in [3.05, 3.63) is 0 Å². The van der Waals surface area contributed by atoms with E-state index >= 15 is 0 Å². The molecule has 0 unspecified atom stereocenters. The summed E-state index contributed by atoms with van der Waals surface area (Å²) in [4.78, 5) is 2.32. The van der Waals surface area contributed by atoms with Gasteiger partial charge in [0.05, 0.1) is 19.8 Å². The number of hydrogen-bond donors (Lipinski definition) is 0. The fourth-order valence-corrected chi connectivity index (χ4v) is 1.63. The highest BCUT2D eigenvalue weighted by Gasteiger charge is 1.97. The Hall–Kier alpha value is 0.360. The molecule has 0 aliphatic rings. The standard InChI is InChI=1S/C11H24BrNO2/c1-13(7-5-3-4-6-12)8-9-15-11-10-14-2/h3-11H2,1-2H3. The number of unbranched alkanes of at least 4 members (excludes halogenated alkanes) is 2. The van der Waals surface area contributed by atoms with Gasteiger partial charge >= 0.3 is 0 Å². The quantitative estimate of drug-likeness (QED) is 0.428. The summed E-state index contributed by atoms with van der Waals surface area (Å²) >= 11 is 3.44. The molecule has 0 rings (SSSR count). The van der Waals surface area contributed by atoms with E-state index in [-0.39, 0.29) is 0 Å². The maximum Gasteiger partial charge on any atom is 0.0700 e. The van der Waals surface area contributed by atoms with Crippen LogP contribution in [0.3, 0.4) is 0 Å². The molecule has 0 spiro atoms. The van der Waals surface area contributed by atoms with E-state index < -0.39 is 0 Å². The van der Waals surface area contributed by atoms with Crippen LogP contribution in [0.5, 0.6) is 0 Å². The molecule has 0 heterocycles. The van der Waals surface area contributed by atoms with Crippen molar-refractivity contribution >= 4 is 15.9 Å². The van der Waals surface area contributed by atoms with Gasteiger partial charge in [-0.3, -0.25) is 0 Å². The fraction of sp³-hybridized carbons (Fsp3) is 1.00. The van der Waals surface area contributed by atoms with E-state index in [4.69, 9.17) is 9.47 Å². The van der Waals surface area contributed by atoms with Crippen LogP contribution in [-0.2, 0) is 9.47 Å². The van der Waals surface area contributed by atoms with Gasteiger partial charge in [-0.1, -0.05) is 22.4 Å². The lowest BCUT2D eigenvalue weighted by Crippen LogP contribution is -2.24. The third-order valence-electron chi connectivity index (χ3n) is 2.22. The van der Waals surface area contributed by atoms with E-state index in [1.165, 1.54) is 25.8 Å². The van der Waals surface area contributed by atoms with E-state index in [0.29, 0.717) is 13.2 Å². The van der Waals surface area contributed by atoms with Gasteiger partial charge in [-0.05, 0) is 26.4 Å². The average Bonchev–Trinajstić information content (AvgIpc) is 2.24. The molecule has 0 N–H and O–H groups in total. The maximum atomic E-state index is 5.40. The fourth-order valence-electron chi connectivity index (χ4n) is 1.23. The third-order valence-corrected chi connectivity index (χ3v) is 2.78. The number of nitrogens with zero attached hydrogens (tertiary/aromatic N) is 1. The van der Waals surface area contributed by atoms with Crippen LogP contribution in [0, 0.1) is 0 Å². The molecule has 0 atom stereocenters. The van der Waals surface area contributed by atoms with Crippen LogP contribution in [0.4, 0.5) is 0 Å². The molecule has 0 aromatic heterocycles. The minimum Gasteiger partial charge on any atom is -0.382 e. The lowest BCUT2D eigenvalue weighted by molar-refractivity contribution is 0.0604. The summed E-state index contributed by atoms with van der Waals surface area (Å²) in [5, 5.41) is 1.12. The second-order valence-corrected chi connectivity index (χ2v) is 4.45. The van der Waals surface area contributed by atoms with Gasteiger partial charge in [0.2, 0.25) is 0 Å². The van der Waals surface area contributed by atoms with Gasteiger partial charge in [0, 0.05) is 19.0 Å². The van der Waals surface area contributed by atoms with Crippen molar-refractivity contribution in [1.29, 1.82) is 0 Å². The first-order valence-corrected chi connectivity index (χ1v) is 6.74. The molecule has 92 valence electrons. The number of likely N-dealkylation sites (N-methyl/N-ethyl adjacent to an activating group) is 1. The number of halogens is 1. The third kappa shape index (κ3) is 12.3. The van der Waals surface area contributed by atoms with Crippen LogP contribution >= 0.6 is 15.9 Å². The molecular weight excluding hydrogens is 258 g/mol. The van der Waals surface area contributed by atoms with Crippen molar-refractivity contribution in [2.45, 2.75) is 19.3 Å². The largest absolute Gasteiger partial charge is 0.382 e. The van der Waals surface area contributed by atoms with Crippen molar-refractivity contribution in [2.24, 2.45) is 0 Å². The van der Waals surface area contributed by atoms with Gasteiger partial charge < -0.3 is 14.4 Å². The Morgan fingerprint density at radius 1 is 1.00 bits per heavy atom. The Morgan fingerprint density at radius 3 is 2.47 bits per heavy atom. The predicted octanol–water partition coefficient (Wildman–Crippen LogP) is 2.15. The Balaban J connectivity index is 3.08. The van der Waals surface area contributed by atoms with Crippen LogP contribution in [0.1, 0.15) is 19.3 Å². The van der Waals surface area contributed by atoms with Crippen molar-refractivity contribution in [3.63, 3.8) is 0 Å². The van der Waals surface area contributed by atoms with Crippen molar-refractivity contribution < 1.29 is 9.47 Å². The summed E-state index contributed by atoms with van der Waals surface area (Å²) in [5.74, 6) is 0. The molecule has 0 aromatic rings. The van der Waals surface area contributed by atoms with Gasteiger partial charge in [-0.15, -0.1) is 0 Å². The van der Waals surface area contributed by atoms with Crippen LogP contribution in [0.15, 0.2) is 0 Å². The Labute approximate surface area is 102 Å². The molecule has 0 aromatic carbocycles. The van der Waals surface area contributed by atoms with E-state index in [1.807, 2.05) is 0 Å². The van der Waals surface area contributed by atoms with Crippen LogP contribution in [0.25, 0.3) is 0 Å². The summed E-state index contributed by atoms with van der Waals surface area (Å²) in [6.45, 7) is 4.37. The number of alkyl halides is 1. The first-order valence-electron chi connectivity index (χ1n) is 5.62. The SMILES string of the molecule is COCCOCCN(C)CCCCCBr. The van der Waals surface area contributed by atoms with Gasteiger partial charge in [-0.25, -0.2) is 0 Å². The summed E-state index contributed by atoms with van der Waals surface area (Å²) in [5.41, 5.74) is 0. The zero-order valence-corrected chi connectivity index (χ0v) is 11.6. The highest BCUT2D eigenvalue weighted by Crippen LogP contribution is 1.99. The minimum absolute atomic E-state index is 0.689. The molecule has 0 saturated heterocycles. The highest BCUT2D eigenvalue weighted by atomic mass is 79.9. The van der Waals surface area contributed by atoms with Gasteiger partial charge in [0.1, 0.15) is 0 Å². The van der Waals surface area contributed by atoms with E-state index in [0.717, 1.165) is 18.5 Å². The first-order chi connectivity index (χ1) is 7.31. The highest BCUT2D eigenvalue weighted by molar-refractivity contribution is 9.09. The Morgan fingerprint density at radius 2 is 1.80 bits per heavy atom. The van der Waals surface area contributed by atoms with Gasteiger partial charge in [0.25, 0.3) is 0 Å². The molecule has 15 heavy (non-hydrogen) atoms. The average molecular weight is 282 g/mol. The molecule has 0 amide bonds. The zero-order valence-electron chi connectivity index (χ0n) is 10.0. The smallest absolute Gasteiger partial charge is 0.0700 e. The molecule has 4 heteroatoms. The van der Waals surface area contributed by atoms with E-state index in [9.17, 15) is 0 Å². The number of ether oxygens (including phenoxy) is 2. The van der Waals surface area contributed by atoms with E-state index in [2.05, 4.69) is 27.9 Å². The Kier molecular flexibility index (Phi) is 12.7. The van der Waals surface area contributed by atoms with Gasteiger partial charge in [0.15, 0.2) is 0 Å². The van der Waals surface area contributed by atoms with Crippen molar-refractivity contribution in [1.82, 2.24) is 4.90 Å². The number of hydrogen-bond acceptors (Lipinski definition) is 3. The predicted molar refractivity (Wildman–Crippen MR) is 67.8 cm³/mol. The molecular formula is C11H24BrNO2. The van der Waals surface area contributed by atoms with Crippen LogP contribution in [0.2, 0.25) is 0 Å². The summed E-state index contributed by atoms with van der Waals surface area (Å²) < 4.78 is 10.3. The molecule has 3 nitrogen and oxygen atoms in total. The summed E-state index contributed by atoms with van der Waals surface area (Å²) in [7, 11) is 3.84. The second-order valence-electron chi connectivity index (χ2n) is 3.66. The molecule has 0 bridgehead atoms. The maximum absolute atomic E-state index is 5.40. The number of methoxy groups -OCH3 is 1. The summed E-state index contributed by atoms with van der Waals surface area (Å²) in [6, 6.07) is 0. The minimum atomic E-state index is 0.689. The molecule has 0 fully saturated rings. The van der Waals surface area contributed by atoms with Crippen molar-refractivity contribution in [2.75, 3.05) is 52.4 Å². The summed E-state index contributed by atoms with van der Waals surface area (Å²) in [6.07, 6.45) is 3.86. The molecule has 0 radical (unpaired) electrons. The second kappa shape index (κ2) is 12.4. The number of rotatable bonds is 11. The normalized spacial score (nSPS) is 11.2. The molecule has 0 aliphatic heterocycles. The van der Waals surface area contributed by atoms with E-state index in [1.54, 1.807) is 7.11 Å². The Bertz CT molecular complexity index is 125. The zero-order chi connectivity index (χ0) is 11.4. The lowest BCUT2D eigenvalue weighted by Gasteiger charge is -2.16. The lowest BCUT2D eigenvalue weighted by atomic mass is 10.2. The van der Waals surface area contributed by atoms with Crippen LogP contribution in [-0.4, -0.2) is 57.3 Å².